The average Bonchev–Trinajstić information content (AvgIpc) is 3.41. The first-order valence-corrected chi connectivity index (χ1v) is 9.50. The summed E-state index contributed by atoms with van der Waals surface area (Å²) in [6.07, 6.45) is 16.9. The van der Waals surface area contributed by atoms with Crippen LogP contribution in [0.5, 0.6) is 0 Å². The SMILES string of the molecule is C1=CC2N=CCC2C(OC2CCN(c3ccc(-n4ccnc4)nn3)CC2)=C1. The zero-order valence-corrected chi connectivity index (χ0v) is 15.1. The number of anilines is 1. The van der Waals surface area contributed by atoms with Crippen LogP contribution in [-0.4, -0.2) is 51.2 Å². The maximum absolute atomic E-state index is 6.36. The van der Waals surface area contributed by atoms with Gasteiger partial charge in [-0.1, -0.05) is 12.2 Å². The largest absolute Gasteiger partial charge is 0.494 e. The molecule has 3 aliphatic rings. The molecule has 0 saturated carbocycles. The van der Waals surface area contributed by atoms with E-state index in [0.29, 0.717) is 5.92 Å². The topological polar surface area (TPSA) is 68.4 Å². The number of imidazole rings is 1. The Hall–Kier alpha value is -2.96. The van der Waals surface area contributed by atoms with Crippen molar-refractivity contribution in [2.45, 2.75) is 31.4 Å². The van der Waals surface area contributed by atoms with Crippen LogP contribution in [0, 0.1) is 5.92 Å². The van der Waals surface area contributed by atoms with Crippen molar-refractivity contribution in [1.29, 1.82) is 0 Å². The Morgan fingerprint density at radius 2 is 1.93 bits per heavy atom. The molecular weight excluding hydrogens is 340 g/mol. The number of rotatable bonds is 4. The molecular formula is C20H22N6O. The highest BCUT2D eigenvalue weighted by Gasteiger charge is 2.31. The molecule has 1 saturated heterocycles. The Morgan fingerprint density at radius 3 is 2.70 bits per heavy atom. The number of nitrogens with zero attached hydrogens (tertiary/aromatic N) is 6. The van der Waals surface area contributed by atoms with E-state index in [4.69, 9.17) is 4.74 Å². The summed E-state index contributed by atoms with van der Waals surface area (Å²) in [4.78, 5) is 10.8. The summed E-state index contributed by atoms with van der Waals surface area (Å²) in [6, 6.07) is 4.28. The molecule has 0 aromatic carbocycles. The molecule has 1 fully saturated rings. The van der Waals surface area contributed by atoms with E-state index in [0.717, 1.165) is 49.7 Å². The lowest BCUT2D eigenvalue weighted by molar-refractivity contribution is 0.0728. The fourth-order valence-corrected chi connectivity index (χ4v) is 3.94. The van der Waals surface area contributed by atoms with E-state index < -0.39 is 0 Å². The van der Waals surface area contributed by atoms with Crippen LogP contribution in [0.4, 0.5) is 5.82 Å². The molecule has 0 spiro atoms. The smallest absolute Gasteiger partial charge is 0.160 e. The molecule has 2 aliphatic heterocycles. The van der Waals surface area contributed by atoms with Gasteiger partial charge in [-0.2, -0.15) is 0 Å². The highest BCUT2D eigenvalue weighted by molar-refractivity contribution is 5.63. The normalized spacial score (nSPS) is 24.7. The van der Waals surface area contributed by atoms with Gasteiger partial charge in [0.1, 0.15) is 18.2 Å². The van der Waals surface area contributed by atoms with E-state index in [1.165, 1.54) is 0 Å². The van der Waals surface area contributed by atoms with Gasteiger partial charge >= 0.3 is 0 Å². The van der Waals surface area contributed by atoms with Crippen LogP contribution in [0.3, 0.4) is 0 Å². The van der Waals surface area contributed by atoms with Gasteiger partial charge in [0, 0.05) is 50.5 Å². The van der Waals surface area contributed by atoms with Crippen molar-refractivity contribution in [1.82, 2.24) is 19.7 Å². The monoisotopic (exact) mass is 362 g/mol. The first-order valence-electron chi connectivity index (χ1n) is 9.50. The van der Waals surface area contributed by atoms with Crippen LogP contribution in [0.2, 0.25) is 0 Å². The summed E-state index contributed by atoms with van der Waals surface area (Å²) in [5, 5.41) is 8.71. The number of ether oxygens (including phenoxy) is 1. The highest BCUT2D eigenvalue weighted by atomic mass is 16.5. The molecule has 2 aromatic heterocycles. The lowest BCUT2D eigenvalue weighted by Crippen LogP contribution is -2.38. The van der Waals surface area contributed by atoms with Gasteiger partial charge in [-0.3, -0.25) is 9.56 Å². The molecule has 2 atom stereocenters. The second-order valence-electron chi connectivity index (χ2n) is 7.14. The molecule has 0 N–H and O–H groups in total. The second kappa shape index (κ2) is 6.98. The first-order chi connectivity index (χ1) is 13.4. The van der Waals surface area contributed by atoms with E-state index >= 15 is 0 Å². The number of fused-ring (bicyclic) bond motifs is 1. The Morgan fingerprint density at radius 1 is 1.07 bits per heavy atom. The van der Waals surface area contributed by atoms with Gasteiger partial charge in [0.15, 0.2) is 11.6 Å². The summed E-state index contributed by atoms with van der Waals surface area (Å²) in [5.74, 6) is 3.19. The zero-order chi connectivity index (χ0) is 18.1. The fourth-order valence-electron chi connectivity index (χ4n) is 3.94. The summed E-state index contributed by atoms with van der Waals surface area (Å²) < 4.78 is 8.21. The number of aliphatic imine (C=N–C) groups is 1. The molecule has 2 aromatic rings. The van der Waals surface area contributed by atoms with Crippen LogP contribution in [0.1, 0.15) is 19.3 Å². The number of allylic oxidation sites excluding steroid dienone is 2. The van der Waals surface area contributed by atoms with Crippen LogP contribution in [0.15, 0.2) is 59.8 Å². The van der Waals surface area contributed by atoms with Crippen LogP contribution >= 0.6 is 0 Å². The molecule has 0 bridgehead atoms. The average molecular weight is 362 g/mol. The predicted octanol–water partition coefficient (Wildman–Crippen LogP) is 2.56. The van der Waals surface area contributed by atoms with Crippen molar-refractivity contribution < 1.29 is 4.74 Å². The van der Waals surface area contributed by atoms with Crippen molar-refractivity contribution in [3.63, 3.8) is 0 Å². The molecule has 0 amide bonds. The van der Waals surface area contributed by atoms with Crippen molar-refractivity contribution in [3.8, 4) is 5.82 Å². The minimum absolute atomic E-state index is 0.262. The van der Waals surface area contributed by atoms with Crippen molar-refractivity contribution >= 4 is 12.0 Å². The third-order valence-electron chi connectivity index (χ3n) is 5.46. The van der Waals surface area contributed by atoms with Crippen molar-refractivity contribution in [3.05, 3.63) is 54.8 Å². The Balaban J connectivity index is 1.18. The van der Waals surface area contributed by atoms with Crippen LogP contribution < -0.4 is 4.90 Å². The van der Waals surface area contributed by atoms with Crippen LogP contribution in [-0.2, 0) is 4.74 Å². The van der Waals surface area contributed by atoms with Gasteiger partial charge in [-0.25, -0.2) is 4.98 Å². The van der Waals surface area contributed by atoms with Gasteiger partial charge in [-0.15, -0.1) is 10.2 Å². The fraction of sp³-hybridized carbons (Fsp3) is 0.400. The second-order valence-corrected chi connectivity index (χ2v) is 7.14. The third kappa shape index (κ3) is 3.25. The summed E-state index contributed by atoms with van der Waals surface area (Å²) in [6.45, 7) is 1.86. The van der Waals surface area contributed by atoms with Crippen LogP contribution in [0.25, 0.3) is 5.82 Å². The van der Waals surface area contributed by atoms with Gasteiger partial charge in [-0.05, 0) is 24.6 Å². The molecule has 27 heavy (non-hydrogen) atoms. The molecule has 1 aliphatic carbocycles. The molecule has 4 heterocycles. The molecule has 2 unspecified atom stereocenters. The zero-order valence-electron chi connectivity index (χ0n) is 15.1. The standard InChI is InChI=1S/C20H22N6O/c1-2-17-16(6-9-22-17)18(3-1)27-15-7-11-25(12-8-15)19-4-5-20(24-23-19)26-13-10-21-14-26/h1-5,9-10,13-17H,6-8,11-12H2. The maximum atomic E-state index is 6.36. The molecule has 7 nitrogen and oxygen atoms in total. The lowest BCUT2D eigenvalue weighted by Gasteiger charge is -2.34. The van der Waals surface area contributed by atoms with E-state index in [2.05, 4.69) is 43.3 Å². The first kappa shape index (κ1) is 16.2. The Bertz CT molecular complexity index is 862. The van der Waals surface area contributed by atoms with Gasteiger partial charge in [0.25, 0.3) is 0 Å². The number of aromatic nitrogens is 4. The number of piperidine rings is 1. The Labute approximate surface area is 158 Å². The quantitative estimate of drug-likeness (QED) is 0.836. The Kier molecular flexibility index (Phi) is 4.20. The van der Waals surface area contributed by atoms with Crippen molar-refractivity contribution in [2.75, 3.05) is 18.0 Å². The van der Waals surface area contributed by atoms with Gasteiger partial charge in [0.05, 0.1) is 6.04 Å². The van der Waals surface area contributed by atoms with Gasteiger partial charge in [0.2, 0.25) is 0 Å². The number of hydrogen-bond acceptors (Lipinski definition) is 6. The van der Waals surface area contributed by atoms with E-state index in [1.54, 1.807) is 12.5 Å². The number of hydrogen-bond donors (Lipinski definition) is 0. The van der Waals surface area contributed by atoms with E-state index in [1.807, 2.05) is 29.1 Å². The summed E-state index contributed by atoms with van der Waals surface area (Å²) in [5.41, 5.74) is 0. The lowest BCUT2D eigenvalue weighted by atomic mass is 9.93. The third-order valence-corrected chi connectivity index (χ3v) is 5.46. The van der Waals surface area contributed by atoms with E-state index in [9.17, 15) is 0 Å². The summed E-state index contributed by atoms with van der Waals surface area (Å²) >= 11 is 0. The molecule has 138 valence electrons. The molecule has 7 heteroatoms. The van der Waals surface area contributed by atoms with Gasteiger partial charge < -0.3 is 9.64 Å². The van der Waals surface area contributed by atoms with Crippen molar-refractivity contribution in [2.24, 2.45) is 10.9 Å². The predicted molar refractivity (Wildman–Crippen MR) is 103 cm³/mol. The molecule has 0 radical (unpaired) electrons. The minimum atomic E-state index is 0.262. The summed E-state index contributed by atoms with van der Waals surface area (Å²) in [7, 11) is 0. The highest BCUT2D eigenvalue weighted by Crippen LogP contribution is 2.32. The molecule has 5 rings (SSSR count). The van der Waals surface area contributed by atoms with E-state index in [-0.39, 0.29) is 12.1 Å². The minimum Gasteiger partial charge on any atom is -0.494 e. The maximum Gasteiger partial charge on any atom is 0.160 e.